The fourth-order valence-corrected chi connectivity index (χ4v) is 3.79. The van der Waals surface area contributed by atoms with Crippen molar-refractivity contribution in [2.24, 2.45) is 0 Å². The summed E-state index contributed by atoms with van der Waals surface area (Å²) in [5, 5.41) is 2.73. The largest absolute Gasteiger partial charge is 0.323 e. The quantitative estimate of drug-likeness (QED) is 0.858. The molecule has 0 bridgehead atoms. The first-order valence-electron chi connectivity index (χ1n) is 8.01. The van der Waals surface area contributed by atoms with Crippen LogP contribution in [0.2, 0.25) is 0 Å². The Hall–Kier alpha value is -2.41. The van der Waals surface area contributed by atoms with Crippen LogP contribution in [0, 0.1) is 13.8 Å². The van der Waals surface area contributed by atoms with E-state index in [1.807, 2.05) is 19.9 Å². The van der Waals surface area contributed by atoms with Gasteiger partial charge >= 0.3 is 0 Å². The van der Waals surface area contributed by atoms with Crippen LogP contribution in [0.25, 0.3) is 0 Å². The van der Waals surface area contributed by atoms with Gasteiger partial charge in [-0.3, -0.25) is 14.1 Å². The third kappa shape index (κ3) is 4.57. The van der Waals surface area contributed by atoms with Crippen LogP contribution in [0.15, 0.2) is 42.7 Å². The van der Waals surface area contributed by atoms with E-state index >= 15 is 0 Å². The number of aromatic nitrogens is 1. The molecule has 0 saturated heterocycles. The van der Waals surface area contributed by atoms with Crippen molar-refractivity contribution >= 4 is 27.3 Å². The van der Waals surface area contributed by atoms with E-state index in [2.05, 4.69) is 10.3 Å². The molecule has 1 amide bonds. The van der Waals surface area contributed by atoms with E-state index in [-0.39, 0.29) is 5.91 Å². The minimum Gasteiger partial charge on any atom is -0.323 e. The molecule has 0 spiro atoms. The lowest BCUT2D eigenvalue weighted by Gasteiger charge is -2.30. The Labute approximate surface area is 148 Å². The molecule has 25 heavy (non-hydrogen) atoms. The van der Waals surface area contributed by atoms with Crippen molar-refractivity contribution in [3.05, 3.63) is 53.9 Å². The van der Waals surface area contributed by atoms with Crippen LogP contribution in [0.5, 0.6) is 0 Å². The molecule has 1 atom stereocenters. The number of anilines is 2. The molecule has 0 saturated carbocycles. The lowest BCUT2D eigenvalue weighted by atomic mass is 10.1. The van der Waals surface area contributed by atoms with Crippen molar-refractivity contribution < 1.29 is 13.2 Å². The topological polar surface area (TPSA) is 79.4 Å². The van der Waals surface area contributed by atoms with Gasteiger partial charge in [0.25, 0.3) is 0 Å². The van der Waals surface area contributed by atoms with Crippen molar-refractivity contribution in [1.29, 1.82) is 0 Å². The number of carbonyl (C=O) groups excluding carboxylic acids is 1. The van der Waals surface area contributed by atoms with Gasteiger partial charge in [-0.2, -0.15) is 0 Å². The molecule has 2 rings (SSSR count). The van der Waals surface area contributed by atoms with Crippen LogP contribution in [0.4, 0.5) is 11.4 Å². The minimum absolute atomic E-state index is 0.339. The van der Waals surface area contributed by atoms with Crippen molar-refractivity contribution in [2.45, 2.75) is 33.2 Å². The van der Waals surface area contributed by atoms with Gasteiger partial charge in [-0.25, -0.2) is 8.42 Å². The summed E-state index contributed by atoms with van der Waals surface area (Å²) in [6, 6.07) is 7.93. The predicted molar refractivity (Wildman–Crippen MR) is 100 cm³/mol. The maximum absolute atomic E-state index is 12.7. The second kappa shape index (κ2) is 7.65. The average Bonchev–Trinajstić information content (AvgIpc) is 2.55. The minimum atomic E-state index is -3.64. The van der Waals surface area contributed by atoms with Gasteiger partial charge in [-0.05, 0) is 55.7 Å². The molecule has 1 heterocycles. The summed E-state index contributed by atoms with van der Waals surface area (Å²) in [6.45, 7) is 5.65. The fraction of sp³-hybridized carbons (Fsp3) is 0.333. The average molecular weight is 361 g/mol. The highest BCUT2D eigenvalue weighted by Gasteiger charge is 2.31. The second-order valence-electron chi connectivity index (χ2n) is 5.98. The van der Waals surface area contributed by atoms with Gasteiger partial charge in [0, 0.05) is 6.20 Å². The number of pyridine rings is 1. The number of benzene rings is 1. The van der Waals surface area contributed by atoms with E-state index in [1.54, 1.807) is 37.4 Å². The first-order valence-corrected chi connectivity index (χ1v) is 9.86. The highest BCUT2D eigenvalue weighted by atomic mass is 32.2. The number of aryl methyl sites for hydroxylation is 2. The van der Waals surface area contributed by atoms with Crippen LogP contribution in [-0.4, -0.2) is 31.6 Å². The Morgan fingerprint density at radius 3 is 2.48 bits per heavy atom. The zero-order valence-electron chi connectivity index (χ0n) is 14.9. The van der Waals surface area contributed by atoms with Crippen molar-refractivity contribution in [3.8, 4) is 0 Å². The number of rotatable bonds is 6. The van der Waals surface area contributed by atoms with Crippen LogP contribution in [0.1, 0.15) is 24.5 Å². The third-order valence-corrected chi connectivity index (χ3v) is 5.18. The molecular formula is C18H23N3O3S. The molecule has 0 radical (unpaired) electrons. The zero-order chi connectivity index (χ0) is 18.6. The third-order valence-electron chi connectivity index (χ3n) is 4.00. The summed E-state index contributed by atoms with van der Waals surface area (Å²) in [5.41, 5.74) is 3.04. The molecule has 0 fully saturated rings. The van der Waals surface area contributed by atoms with Gasteiger partial charge in [-0.15, -0.1) is 0 Å². The van der Waals surface area contributed by atoms with E-state index in [0.29, 0.717) is 17.8 Å². The Bertz CT molecular complexity index is 851. The van der Waals surface area contributed by atoms with Gasteiger partial charge < -0.3 is 5.32 Å². The summed E-state index contributed by atoms with van der Waals surface area (Å²) in [5.74, 6) is -0.390. The Morgan fingerprint density at radius 1 is 1.24 bits per heavy atom. The SMILES string of the molecule is CC[C@H](C(=O)Nc1cccnc1)N(c1ccc(C)c(C)c1)S(C)(=O)=O. The summed E-state index contributed by atoms with van der Waals surface area (Å²) < 4.78 is 26.0. The van der Waals surface area contributed by atoms with Gasteiger partial charge in [-0.1, -0.05) is 13.0 Å². The summed E-state index contributed by atoms with van der Waals surface area (Å²) in [7, 11) is -3.64. The molecule has 0 aliphatic carbocycles. The first-order chi connectivity index (χ1) is 11.7. The van der Waals surface area contributed by atoms with E-state index in [9.17, 15) is 13.2 Å². The molecule has 6 nitrogen and oxygen atoms in total. The number of nitrogens with one attached hydrogen (secondary N) is 1. The van der Waals surface area contributed by atoms with Crippen molar-refractivity contribution in [1.82, 2.24) is 4.98 Å². The Kier molecular flexibility index (Phi) is 5.79. The lowest BCUT2D eigenvalue weighted by molar-refractivity contribution is -0.117. The number of hydrogen-bond donors (Lipinski definition) is 1. The summed E-state index contributed by atoms with van der Waals surface area (Å²) in [6.07, 6.45) is 4.57. The van der Waals surface area contributed by atoms with Gasteiger partial charge in [0.05, 0.1) is 23.8 Å². The zero-order valence-corrected chi connectivity index (χ0v) is 15.7. The molecule has 1 aromatic carbocycles. The standard InChI is InChI=1S/C18H23N3O3S/c1-5-17(18(22)20-15-7-6-10-19-12-15)21(25(4,23)24)16-9-8-13(2)14(3)11-16/h6-12,17H,5H2,1-4H3,(H,20,22)/t17-/m1/s1. The van der Waals surface area contributed by atoms with Gasteiger partial charge in [0.2, 0.25) is 15.9 Å². The van der Waals surface area contributed by atoms with Gasteiger partial charge in [0.15, 0.2) is 0 Å². The van der Waals surface area contributed by atoms with E-state index in [1.165, 1.54) is 10.5 Å². The van der Waals surface area contributed by atoms with E-state index in [4.69, 9.17) is 0 Å². The fourth-order valence-electron chi connectivity index (χ4n) is 2.59. The van der Waals surface area contributed by atoms with E-state index < -0.39 is 16.1 Å². The number of carbonyl (C=O) groups is 1. The highest BCUT2D eigenvalue weighted by Crippen LogP contribution is 2.25. The van der Waals surface area contributed by atoms with E-state index in [0.717, 1.165) is 17.4 Å². The normalized spacial score (nSPS) is 12.5. The Morgan fingerprint density at radius 2 is 1.96 bits per heavy atom. The monoisotopic (exact) mass is 361 g/mol. The maximum Gasteiger partial charge on any atom is 0.248 e. The predicted octanol–water partition coefficient (Wildman–Crippen LogP) is 2.88. The molecule has 7 heteroatoms. The Balaban J connectivity index is 2.40. The molecule has 0 aliphatic rings. The van der Waals surface area contributed by atoms with Crippen molar-refractivity contribution in [3.63, 3.8) is 0 Å². The van der Waals surface area contributed by atoms with Crippen LogP contribution in [0.3, 0.4) is 0 Å². The number of sulfonamides is 1. The van der Waals surface area contributed by atoms with Gasteiger partial charge in [0.1, 0.15) is 6.04 Å². The number of nitrogens with zero attached hydrogens (tertiary/aromatic N) is 2. The molecule has 0 aliphatic heterocycles. The first kappa shape index (κ1) is 18.9. The maximum atomic E-state index is 12.7. The molecule has 2 aromatic rings. The number of amides is 1. The lowest BCUT2D eigenvalue weighted by Crippen LogP contribution is -2.47. The summed E-state index contributed by atoms with van der Waals surface area (Å²) >= 11 is 0. The molecule has 1 aromatic heterocycles. The smallest absolute Gasteiger partial charge is 0.248 e. The second-order valence-corrected chi connectivity index (χ2v) is 7.84. The molecule has 0 unspecified atom stereocenters. The highest BCUT2D eigenvalue weighted by molar-refractivity contribution is 7.92. The summed E-state index contributed by atoms with van der Waals surface area (Å²) in [4.78, 5) is 16.7. The van der Waals surface area contributed by atoms with Crippen LogP contribution < -0.4 is 9.62 Å². The molecule has 1 N–H and O–H groups in total. The molecule has 134 valence electrons. The van der Waals surface area contributed by atoms with Crippen LogP contribution in [-0.2, 0) is 14.8 Å². The van der Waals surface area contributed by atoms with Crippen molar-refractivity contribution in [2.75, 3.05) is 15.9 Å². The number of hydrogen-bond acceptors (Lipinski definition) is 4. The van der Waals surface area contributed by atoms with Crippen LogP contribution >= 0.6 is 0 Å². The molecular weight excluding hydrogens is 338 g/mol.